The molecule has 1 aromatic heterocycles. The Balaban J connectivity index is 1.47. The number of aromatic nitrogens is 1. The summed E-state index contributed by atoms with van der Waals surface area (Å²) in [6.07, 6.45) is 9.12. The normalized spacial score (nSPS) is 21.7. The number of pyridine rings is 1. The van der Waals surface area contributed by atoms with Gasteiger partial charge in [-0.2, -0.15) is 0 Å². The van der Waals surface area contributed by atoms with E-state index in [4.69, 9.17) is 16.6 Å². The molecular weight excluding hydrogens is 528 g/mol. The Hall–Kier alpha value is -0.910. The Morgan fingerprint density at radius 1 is 1.07 bits per heavy atom. The number of amides is 1. The van der Waals surface area contributed by atoms with Crippen LogP contribution in [0.1, 0.15) is 60.4 Å². The summed E-state index contributed by atoms with van der Waals surface area (Å²) in [5.41, 5.74) is 5.18. The molecule has 1 atom stereocenters. The number of likely N-dealkylation sites (tertiary alicyclic amines) is 1. The Bertz CT molecular complexity index is 983. The number of piperidine rings is 1. The van der Waals surface area contributed by atoms with Gasteiger partial charge < -0.3 is 4.90 Å². The minimum absolute atomic E-state index is 0.234. The molecule has 158 valence electrons. The molecule has 0 bridgehead atoms. The van der Waals surface area contributed by atoms with E-state index in [0.29, 0.717) is 17.7 Å². The Morgan fingerprint density at radius 2 is 1.80 bits per heavy atom. The van der Waals surface area contributed by atoms with E-state index in [-0.39, 0.29) is 5.92 Å². The van der Waals surface area contributed by atoms with Crippen molar-refractivity contribution < 1.29 is 4.79 Å². The van der Waals surface area contributed by atoms with E-state index < -0.39 is 0 Å². The van der Waals surface area contributed by atoms with Gasteiger partial charge in [0.05, 0.1) is 5.69 Å². The summed E-state index contributed by atoms with van der Waals surface area (Å²) in [5, 5.41) is 0.778. The van der Waals surface area contributed by atoms with Gasteiger partial charge in [0, 0.05) is 45.6 Å². The van der Waals surface area contributed by atoms with E-state index in [2.05, 4.69) is 48.9 Å². The van der Waals surface area contributed by atoms with Crippen LogP contribution in [0.15, 0.2) is 33.3 Å². The van der Waals surface area contributed by atoms with Gasteiger partial charge in [-0.1, -0.05) is 27.5 Å². The molecule has 1 saturated heterocycles. The molecule has 1 amide bonds. The molecule has 1 aromatic carbocycles. The van der Waals surface area contributed by atoms with Gasteiger partial charge in [-0.3, -0.25) is 9.78 Å². The van der Waals surface area contributed by atoms with E-state index >= 15 is 0 Å². The molecule has 3 nitrogen and oxygen atoms in total. The number of fused-ring (bicyclic) bond motifs is 2. The van der Waals surface area contributed by atoms with Crippen molar-refractivity contribution in [3.8, 4) is 0 Å². The molecule has 1 unspecified atom stereocenters. The van der Waals surface area contributed by atoms with Crippen LogP contribution in [0.2, 0.25) is 5.02 Å². The second kappa shape index (κ2) is 8.55. The quantitative estimate of drug-likeness (QED) is 0.434. The molecule has 2 aliphatic carbocycles. The minimum atomic E-state index is 0.234. The molecule has 6 heteroatoms. The van der Waals surface area contributed by atoms with Crippen LogP contribution in [0, 0.1) is 11.8 Å². The second-order valence-electron chi connectivity index (χ2n) is 9.00. The van der Waals surface area contributed by atoms with Crippen LogP contribution in [0.5, 0.6) is 0 Å². The SMILES string of the molecule is O=C(CC1CC1)N1CCC(C2c3ncc(Br)cc3CCc3cc(Cl)cc(Br)c32)CC1. The van der Waals surface area contributed by atoms with E-state index in [0.717, 1.165) is 59.2 Å². The fourth-order valence-corrected chi connectivity index (χ4v) is 6.71. The van der Waals surface area contributed by atoms with Crippen LogP contribution in [-0.2, 0) is 17.6 Å². The maximum Gasteiger partial charge on any atom is 0.222 e. The van der Waals surface area contributed by atoms with E-state index in [1.165, 1.54) is 35.2 Å². The highest BCUT2D eigenvalue weighted by molar-refractivity contribution is 9.10. The lowest BCUT2D eigenvalue weighted by molar-refractivity contribution is -0.133. The number of halogens is 3. The lowest BCUT2D eigenvalue weighted by Gasteiger charge is -2.37. The molecular formula is C24H25Br2ClN2O. The van der Waals surface area contributed by atoms with Gasteiger partial charge >= 0.3 is 0 Å². The first kappa shape index (κ1) is 21.0. The van der Waals surface area contributed by atoms with E-state index in [1.54, 1.807) is 0 Å². The number of aryl methyl sites for hydroxylation is 2. The minimum Gasteiger partial charge on any atom is -0.343 e. The zero-order valence-electron chi connectivity index (χ0n) is 16.8. The van der Waals surface area contributed by atoms with E-state index in [1.807, 2.05) is 12.3 Å². The summed E-state index contributed by atoms with van der Waals surface area (Å²) in [6.45, 7) is 1.72. The highest BCUT2D eigenvalue weighted by Gasteiger charge is 2.37. The Labute approximate surface area is 199 Å². The van der Waals surface area contributed by atoms with Crippen LogP contribution in [0.25, 0.3) is 0 Å². The predicted octanol–water partition coefficient (Wildman–Crippen LogP) is 6.53. The number of hydrogen-bond acceptors (Lipinski definition) is 2. The highest BCUT2D eigenvalue weighted by atomic mass is 79.9. The smallest absolute Gasteiger partial charge is 0.222 e. The summed E-state index contributed by atoms with van der Waals surface area (Å²) < 4.78 is 2.11. The van der Waals surface area contributed by atoms with Crippen molar-refractivity contribution in [1.29, 1.82) is 0 Å². The fourth-order valence-electron chi connectivity index (χ4n) is 5.21. The molecule has 0 N–H and O–H groups in total. The monoisotopic (exact) mass is 550 g/mol. The number of nitrogens with zero attached hydrogens (tertiary/aromatic N) is 2. The lowest BCUT2D eigenvalue weighted by Crippen LogP contribution is -2.40. The first-order valence-electron chi connectivity index (χ1n) is 10.9. The molecule has 30 heavy (non-hydrogen) atoms. The second-order valence-corrected chi connectivity index (χ2v) is 11.2. The number of rotatable bonds is 3. The molecule has 2 aromatic rings. The third kappa shape index (κ3) is 4.22. The van der Waals surface area contributed by atoms with Gasteiger partial charge in [-0.15, -0.1) is 0 Å². The van der Waals surface area contributed by atoms with Crippen molar-refractivity contribution >= 4 is 49.4 Å². The Kier molecular flexibility index (Phi) is 5.98. The zero-order chi connectivity index (χ0) is 20.8. The van der Waals surface area contributed by atoms with Crippen LogP contribution in [0.3, 0.4) is 0 Å². The molecule has 0 spiro atoms. The number of carbonyl (C=O) groups excluding carboxylic acids is 1. The van der Waals surface area contributed by atoms with E-state index in [9.17, 15) is 4.79 Å². The summed E-state index contributed by atoms with van der Waals surface area (Å²) in [6, 6.07) is 6.38. The maximum atomic E-state index is 12.6. The molecule has 5 rings (SSSR count). The van der Waals surface area contributed by atoms with Crippen LogP contribution in [0.4, 0.5) is 0 Å². The third-order valence-corrected chi connectivity index (χ3v) is 8.25. The molecule has 2 heterocycles. The van der Waals surface area contributed by atoms with Gasteiger partial charge in [0.15, 0.2) is 0 Å². The van der Waals surface area contributed by atoms with Crippen molar-refractivity contribution in [3.05, 3.63) is 60.7 Å². The zero-order valence-corrected chi connectivity index (χ0v) is 20.8. The lowest BCUT2D eigenvalue weighted by atomic mass is 9.76. The maximum absolute atomic E-state index is 12.6. The van der Waals surface area contributed by atoms with Crippen molar-refractivity contribution in [2.24, 2.45) is 11.8 Å². The van der Waals surface area contributed by atoms with Crippen molar-refractivity contribution in [1.82, 2.24) is 9.88 Å². The predicted molar refractivity (Wildman–Crippen MR) is 127 cm³/mol. The third-order valence-electron chi connectivity index (χ3n) is 6.94. The Morgan fingerprint density at radius 3 is 2.53 bits per heavy atom. The van der Waals surface area contributed by atoms with Crippen molar-refractivity contribution in [2.75, 3.05) is 13.1 Å². The summed E-state index contributed by atoms with van der Waals surface area (Å²) in [5.74, 6) is 1.71. The van der Waals surface area contributed by atoms with Crippen molar-refractivity contribution in [2.45, 2.75) is 50.9 Å². The average molecular weight is 553 g/mol. The highest BCUT2D eigenvalue weighted by Crippen LogP contribution is 2.46. The number of benzene rings is 1. The van der Waals surface area contributed by atoms with Crippen LogP contribution < -0.4 is 0 Å². The molecule has 3 aliphatic rings. The first-order chi connectivity index (χ1) is 14.5. The first-order valence-corrected chi connectivity index (χ1v) is 12.9. The van der Waals surface area contributed by atoms with Gasteiger partial charge in [0.2, 0.25) is 5.91 Å². The van der Waals surface area contributed by atoms with Crippen LogP contribution in [-0.4, -0.2) is 28.9 Å². The summed E-state index contributed by atoms with van der Waals surface area (Å²) >= 11 is 13.8. The molecule has 1 aliphatic heterocycles. The van der Waals surface area contributed by atoms with Crippen molar-refractivity contribution in [3.63, 3.8) is 0 Å². The number of carbonyl (C=O) groups is 1. The number of hydrogen-bond donors (Lipinski definition) is 0. The summed E-state index contributed by atoms with van der Waals surface area (Å²) in [4.78, 5) is 19.6. The van der Waals surface area contributed by atoms with Crippen LogP contribution >= 0.6 is 43.5 Å². The topological polar surface area (TPSA) is 33.2 Å². The van der Waals surface area contributed by atoms with Gasteiger partial charge in [0.1, 0.15) is 0 Å². The molecule has 0 radical (unpaired) electrons. The largest absolute Gasteiger partial charge is 0.343 e. The average Bonchev–Trinajstić information content (AvgIpc) is 3.54. The fraction of sp³-hybridized carbons (Fsp3) is 0.500. The standard InChI is InChI=1S/C24H25Br2ClN2O/c25-18-10-17-4-3-16-11-19(27)12-20(26)22(16)23(24(17)28-13-18)15-5-7-29(8-6-15)21(30)9-14-1-2-14/h10-15,23H,1-9H2. The van der Waals surface area contributed by atoms with Gasteiger partial charge in [0.25, 0.3) is 0 Å². The van der Waals surface area contributed by atoms with Gasteiger partial charge in [-0.25, -0.2) is 0 Å². The summed E-state index contributed by atoms with van der Waals surface area (Å²) in [7, 11) is 0. The molecule has 2 fully saturated rings. The van der Waals surface area contributed by atoms with Gasteiger partial charge in [-0.05, 0) is 101 Å². The molecule has 1 saturated carbocycles.